The van der Waals surface area contributed by atoms with Gasteiger partial charge in [-0.05, 0) is 54.2 Å². The molecule has 0 spiro atoms. The molecule has 2 aromatic rings. The standard InChI is InChI=1S/C25H33ClN2O3/c1-5-15-27-25(30)23(6-2)28(16-19-7-11-21(26)12-8-19)24(29)17-31-22-13-9-20(10-14-22)18(3)4/h7-14,18,23H,5-6,15-17H2,1-4H3,(H,27,30)/t23-/m1/s1. The largest absolute Gasteiger partial charge is 0.484 e. The molecule has 0 aliphatic carbocycles. The van der Waals surface area contributed by atoms with Crippen molar-refractivity contribution in [3.8, 4) is 5.75 Å². The van der Waals surface area contributed by atoms with Crippen LogP contribution < -0.4 is 10.1 Å². The lowest BCUT2D eigenvalue weighted by molar-refractivity contribution is -0.143. The van der Waals surface area contributed by atoms with Crippen molar-refractivity contribution in [1.82, 2.24) is 10.2 Å². The van der Waals surface area contributed by atoms with Gasteiger partial charge in [0, 0.05) is 18.1 Å². The SMILES string of the molecule is CCCNC(=O)[C@@H](CC)N(Cc1ccc(Cl)cc1)C(=O)COc1ccc(C(C)C)cc1. The quantitative estimate of drug-likeness (QED) is 0.519. The maximum absolute atomic E-state index is 13.1. The van der Waals surface area contributed by atoms with E-state index in [9.17, 15) is 9.59 Å². The molecule has 31 heavy (non-hydrogen) atoms. The monoisotopic (exact) mass is 444 g/mol. The molecular formula is C25H33ClN2O3. The number of rotatable bonds is 11. The second kappa shape index (κ2) is 12.4. The Kier molecular flexibility index (Phi) is 9.86. The molecule has 0 aromatic heterocycles. The Balaban J connectivity index is 2.15. The number of carbonyl (C=O) groups excluding carboxylic acids is 2. The van der Waals surface area contributed by atoms with Crippen LogP contribution in [-0.4, -0.2) is 35.9 Å². The molecule has 6 heteroatoms. The normalized spacial score (nSPS) is 11.8. The minimum atomic E-state index is -0.568. The summed E-state index contributed by atoms with van der Waals surface area (Å²) in [5, 5.41) is 3.54. The van der Waals surface area contributed by atoms with E-state index >= 15 is 0 Å². The smallest absolute Gasteiger partial charge is 0.261 e. The van der Waals surface area contributed by atoms with Crippen LogP contribution in [-0.2, 0) is 16.1 Å². The summed E-state index contributed by atoms with van der Waals surface area (Å²) in [4.78, 5) is 27.5. The highest BCUT2D eigenvalue weighted by atomic mass is 35.5. The summed E-state index contributed by atoms with van der Waals surface area (Å²) in [7, 11) is 0. The zero-order valence-corrected chi connectivity index (χ0v) is 19.6. The molecule has 2 aromatic carbocycles. The number of hydrogen-bond acceptors (Lipinski definition) is 3. The highest BCUT2D eigenvalue weighted by Crippen LogP contribution is 2.19. The lowest BCUT2D eigenvalue weighted by Crippen LogP contribution is -2.50. The molecule has 1 atom stereocenters. The summed E-state index contributed by atoms with van der Waals surface area (Å²) in [6.45, 7) is 8.91. The minimum Gasteiger partial charge on any atom is -0.484 e. The van der Waals surface area contributed by atoms with Crippen molar-refractivity contribution in [2.45, 2.75) is 59.0 Å². The van der Waals surface area contributed by atoms with Crippen LogP contribution in [0, 0.1) is 0 Å². The second-order valence-corrected chi connectivity index (χ2v) is 8.31. The van der Waals surface area contributed by atoms with Gasteiger partial charge in [0.15, 0.2) is 6.61 Å². The zero-order valence-electron chi connectivity index (χ0n) is 18.9. The summed E-state index contributed by atoms with van der Waals surface area (Å²) in [6.07, 6.45) is 1.35. The van der Waals surface area contributed by atoms with Crippen LogP contribution in [0.25, 0.3) is 0 Å². The first-order valence-electron chi connectivity index (χ1n) is 10.9. The Bertz CT molecular complexity index is 835. The molecule has 2 amide bonds. The Labute approximate surface area is 190 Å². The van der Waals surface area contributed by atoms with E-state index in [2.05, 4.69) is 19.2 Å². The van der Waals surface area contributed by atoms with E-state index < -0.39 is 6.04 Å². The van der Waals surface area contributed by atoms with Gasteiger partial charge in [0.1, 0.15) is 11.8 Å². The van der Waals surface area contributed by atoms with Crippen molar-refractivity contribution in [2.75, 3.05) is 13.2 Å². The van der Waals surface area contributed by atoms with Crippen LogP contribution in [0.3, 0.4) is 0 Å². The third kappa shape index (κ3) is 7.59. The molecule has 168 valence electrons. The lowest BCUT2D eigenvalue weighted by atomic mass is 10.0. The van der Waals surface area contributed by atoms with Gasteiger partial charge in [0.05, 0.1) is 0 Å². The van der Waals surface area contributed by atoms with E-state index in [-0.39, 0.29) is 18.4 Å². The van der Waals surface area contributed by atoms with Crippen LogP contribution in [0.5, 0.6) is 5.75 Å². The van der Waals surface area contributed by atoms with Crippen molar-refractivity contribution in [2.24, 2.45) is 0 Å². The van der Waals surface area contributed by atoms with E-state index in [0.717, 1.165) is 12.0 Å². The van der Waals surface area contributed by atoms with Gasteiger partial charge in [-0.15, -0.1) is 0 Å². The predicted octanol–water partition coefficient (Wildman–Crippen LogP) is 5.18. The number of halogens is 1. The molecule has 0 radical (unpaired) electrons. The van der Waals surface area contributed by atoms with Crippen LogP contribution >= 0.6 is 11.6 Å². The highest BCUT2D eigenvalue weighted by molar-refractivity contribution is 6.30. The number of nitrogens with zero attached hydrogens (tertiary/aromatic N) is 1. The van der Waals surface area contributed by atoms with Crippen LogP contribution in [0.15, 0.2) is 48.5 Å². The van der Waals surface area contributed by atoms with Crippen molar-refractivity contribution >= 4 is 23.4 Å². The van der Waals surface area contributed by atoms with Crippen molar-refractivity contribution in [3.05, 3.63) is 64.7 Å². The number of hydrogen-bond donors (Lipinski definition) is 1. The van der Waals surface area contributed by atoms with Gasteiger partial charge >= 0.3 is 0 Å². The van der Waals surface area contributed by atoms with E-state index in [4.69, 9.17) is 16.3 Å². The Morgan fingerprint density at radius 3 is 2.23 bits per heavy atom. The average molecular weight is 445 g/mol. The predicted molar refractivity (Wildman–Crippen MR) is 125 cm³/mol. The molecule has 0 aliphatic rings. The van der Waals surface area contributed by atoms with Gasteiger partial charge in [0.25, 0.3) is 5.91 Å². The van der Waals surface area contributed by atoms with Gasteiger partial charge in [0.2, 0.25) is 5.91 Å². The fraction of sp³-hybridized carbons (Fsp3) is 0.440. The average Bonchev–Trinajstić information content (AvgIpc) is 2.77. The summed E-state index contributed by atoms with van der Waals surface area (Å²) < 4.78 is 5.75. The van der Waals surface area contributed by atoms with Crippen molar-refractivity contribution in [1.29, 1.82) is 0 Å². The summed E-state index contributed by atoms with van der Waals surface area (Å²) >= 11 is 5.99. The fourth-order valence-electron chi connectivity index (χ4n) is 3.25. The van der Waals surface area contributed by atoms with Crippen LogP contribution in [0.4, 0.5) is 0 Å². The number of nitrogens with one attached hydrogen (secondary N) is 1. The van der Waals surface area contributed by atoms with Crippen molar-refractivity contribution < 1.29 is 14.3 Å². The van der Waals surface area contributed by atoms with Crippen molar-refractivity contribution in [3.63, 3.8) is 0 Å². The van der Waals surface area contributed by atoms with E-state index in [1.165, 1.54) is 5.56 Å². The lowest BCUT2D eigenvalue weighted by Gasteiger charge is -2.30. The molecule has 0 saturated heterocycles. The van der Waals surface area contributed by atoms with Gasteiger partial charge < -0.3 is 15.0 Å². The maximum atomic E-state index is 13.1. The summed E-state index contributed by atoms with van der Waals surface area (Å²) in [5.74, 6) is 0.680. The fourth-order valence-corrected chi connectivity index (χ4v) is 3.37. The van der Waals surface area contributed by atoms with E-state index in [1.54, 1.807) is 17.0 Å². The summed E-state index contributed by atoms with van der Waals surface area (Å²) in [5.41, 5.74) is 2.11. The zero-order chi connectivity index (χ0) is 22.8. The number of benzene rings is 2. The van der Waals surface area contributed by atoms with Gasteiger partial charge in [-0.1, -0.05) is 63.6 Å². The molecule has 0 unspecified atom stereocenters. The molecule has 0 saturated carbocycles. The van der Waals surface area contributed by atoms with Gasteiger partial charge in [-0.2, -0.15) is 0 Å². The number of ether oxygens (including phenoxy) is 1. The Morgan fingerprint density at radius 1 is 1.03 bits per heavy atom. The van der Waals surface area contributed by atoms with E-state index in [0.29, 0.717) is 36.2 Å². The third-order valence-corrected chi connectivity index (χ3v) is 5.36. The van der Waals surface area contributed by atoms with Gasteiger partial charge in [-0.25, -0.2) is 0 Å². The minimum absolute atomic E-state index is 0.133. The summed E-state index contributed by atoms with van der Waals surface area (Å²) in [6, 6.07) is 14.5. The molecule has 0 heterocycles. The molecular weight excluding hydrogens is 412 g/mol. The van der Waals surface area contributed by atoms with E-state index in [1.807, 2.05) is 50.2 Å². The van der Waals surface area contributed by atoms with Gasteiger partial charge in [-0.3, -0.25) is 9.59 Å². The molecule has 0 aliphatic heterocycles. The highest BCUT2D eigenvalue weighted by Gasteiger charge is 2.28. The van der Waals surface area contributed by atoms with Crippen LogP contribution in [0.2, 0.25) is 5.02 Å². The maximum Gasteiger partial charge on any atom is 0.261 e. The first kappa shape index (κ1) is 24.7. The Morgan fingerprint density at radius 2 is 1.68 bits per heavy atom. The first-order chi connectivity index (χ1) is 14.8. The Hall–Kier alpha value is -2.53. The molecule has 5 nitrogen and oxygen atoms in total. The second-order valence-electron chi connectivity index (χ2n) is 7.88. The molecule has 0 bridgehead atoms. The third-order valence-electron chi connectivity index (χ3n) is 5.11. The topological polar surface area (TPSA) is 58.6 Å². The molecule has 0 fully saturated rings. The first-order valence-corrected chi connectivity index (χ1v) is 11.3. The molecule has 2 rings (SSSR count). The molecule has 1 N–H and O–H groups in total. The number of amides is 2. The number of carbonyl (C=O) groups is 2. The van der Waals surface area contributed by atoms with Crippen LogP contribution in [0.1, 0.15) is 57.6 Å².